The highest BCUT2D eigenvalue weighted by Gasteiger charge is 2.14. The molecule has 0 bridgehead atoms. The van der Waals surface area contributed by atoms with Gasteiger partial charge in [-0.25, -0.2) is 4.98 Å². The highest BCUT2D eigenvalue weighted by molar-refractivity contribution is 7.14. The van der Waals surface area contributed by atoms with Crippen molar-refractivity contribution in [2.24, 2.45) is 0 Å². The van der Waals surface area contributed by atoms with E-state index in [1.165, 1.54) is 18.3 Å². The SMILES string of the molecule is CC(=O)Nc1ccccc1C(=O)Nc1nc(-c2ccccc2)cs1. The van der Waals surface area contributed by atoms with Gasteiger partial charge in [0.05, 0.1) is 16.9 Å². The Morgan fingerprint density at radius 1 is 0.958 bits per heavy atom. The van der Waals surface area contributed by atoms with Gasteiger partial charge in [0.2, 0.25) is 5.91 Å². The fourth-order valence-electron chi connectivity index (χ4n) is 2.22. The molecular weight excluding hydrogens is 322 g/mol. The monoisotopic (exact) mass is 337 g/mol. The molecule has 5 nitrogen and oxygen atoms in total. The smallest absolute Gasteiger partial charge is 0.259 e. The lowest BCUT2D eigenvalue weighted by atomic mass is 10.1. The van der Waals surface area contributed by atoms with Crippen molar-refractivity contribution in [3.8, 4) is 11.3 Å². The summed E-state index contributed by atoms with van der Waals surface area (Å²) < 4.78 is 0. The quantitative estimate of drug-likeness (QED) is 0.755. The molecule has 0 saturated heterocycles. The number of thiazole rings is 1. The topological polar surface area (TPSA) is 71.1 Å². The molecule has 0 aliphatic rings. The van der Waals surface area contributed by atoms with Crippen molar-refractivity contribution >= 4 is 34.0 Å². The average molecular weight is 337 g/mol. The Bertz CT molecular complexity index is 875. The zero-order valence-electron chi connectivity index (χ0n) is 12.9. The summed E-state index contributed by atoms with van der Waals surface area (Å²) in [5.41, 5.74) is 2.67. The first-order valence-corrected chi connectivity index (χ1v) is 8.20. The molecule has 1 aromatic heterocycles. The maximum Gasteiger partial charge on any atom is 0.259 e. The molecule has 6 heteroatoms. The van der Waals surface area contributed by atoms with Gasteiger partial charge in [0, 0.05) is 17.9 Å². The number of nitrogens with one attached hydrogen (secondary N) is 2. The molecule has 120 valence electrons. The van der Waals surface area contributed by atoms with Gasteiger partial charge in [-0.2, -0.15) is 0 Å². The van der Waals surface area contributed by atoms with E-state index in [4.69, 9.17) is 0 Å². The number of carbonyl (C=O) groups is 2. The van der Waals surface area contributed by atoms with Crippen LogP contribution in [-0.4, -0.2) is 16.8 Å². The molecule has 0 radical (unpaired) electrons. The van der Waals surface area contributed by atoms with Crippen LogP contribution in [0.2, 0.25) is 0 Å². The van der Waals surface area contributed by atoms with Crippen LogP contribution in [0.1, 0.15) is 17.3 Å². The third-order valence-electron chi connectivity index (χ3n) is 3.28. The Labute approximate surface area is 143 Å². The number of anilines is 2. The zero-order valence-corrected chi connectivity index (χ0v) is 13.8. The van der Waals surface area contributed by atoms with Gasteiger partial charge in [0.1, 0.15) is 0 Å². The molecule has 0 unspecified atom stereocenters. The van der Waals surface area contributed by atoms with Crippen LogP contribution in [0.4, 0.5) is 10.8 Å². The lowest BCUT2D eigenvalue weighted by Crippen LogP contribution is -2.16. The lowest BCUT2D eigenvalue weighted by molar-refractivity contribution is -0.114. The number of hydrogen-bond donors (Lipinski definition) is 2. The summed E-state index contributed by atoms with van der Waals surface area (Å²) in [5.74, 6) is -0.538. The molecule has 3 rings (SSSR count). The standard InChI is InChI=1S/C18H15N3O2S/c1-12(22)19-15-10-6-5-9-14(15)17(23)21-18-20-16(11-24-18)13-7-3-2-4-8-13/h2-11H,1H3,(H,19,22)(H,20,21,23). The van der Waals surface area contributed by atoms with Crippen molar-refractivity contribution in [1.29, 1.82) is 0 Å². The number of nitrogens with zero attached hydrogens (tertiary/aromatic N) is 1. The second-order valence-electron chi connectivity index (χ2n) is 5.08. The lowest BCUT2D eigenvalue weighted by Gasteiger charge is -2.08. The molecule has 2 amide bonds. The van der Waals surface area contributed by atoms with Crippen molar-refractivity contribution in [2.75, 3.05) is 10.6 Å². The summed E-state index contributed by atoms with van der Waals surface area (Å²) in [4.78, 5) is 28.2. The normalized spacial score (nSPS) is 10.2. The minimum absolute atomic E-state index is 0.226. The van der Waals surface area contributed by atoms with Gasteiger partial charge >= 0.3 is 0 Å². The van der Waals surface area contributed by atoms with Crippen molar-refractivity contribution in [3.05, 3.63) is 65.5 Å². The van der Waals surface area contributed by atoms with E-state index in [9.17, 15) is 9.59 Å². The Morgan fingerprint density at radius 3 is 2.42 bits per heavy atom. The van der Waals surface area contributed by atoms with E-state index in [0.29, 0.717) is 16.4 Å². The summed E-state index contributed by atoms with van der Waals surface area (Å²) >= 11 is 1.36. The first-order chi connectivity index (χ1) is 11.6. The molecule has 0 aliphatic carbocycles. The summed E-state index contributed by atoms with van der Waals surface area (Å²) in [5, 5.41) is 7.84. The minimum Gasteiger partial charge on any atom is -0.326 e. The largest absolute Gasteiger partial charge is 0.326 e. The van der Waals surface area contributed by atoms with Crippen LogP contribution in [0.3, 0.4) is 0 Å². The summed E-state index contributed by atoms with van der Waals surface area (Å²) in [6.45, 7) is 1.40. The van der Waals surface area contributed by atoms with E-state index in [2.05, 4.69) is 15.6 Å². The molecule has 0 saturated carbocycles. The summed E-state index contributed by atoms with van der Waals surface area (Å²) in [6, 6.07) is 16.6. The molecule has 24 heavy (non-hydrogen) atoms. The van der Waals surface area contributed by atoms with Gasteiger partial charge in [-0.3, -0.25) is 14.9 Å². The number of aromatic nitrogens is 1. The molecule has 2 aromatic carbocycles. The fourth-order valence-corrected chi connectivity index (χ4v) is 2.93. The number of benzene rings is 2. The number of hydrogen-bond acceptors (Lipinski definition) is 4. The van der Waals surface area contributed by atoms with Gasteiger partial charge in [-0.05, 0) is 12.1 Å². The molecule has 0 fully saturated rings. The van der Waals surface area contributed by atoms with Crippen LogP contribution in [0, 0.1) is 0 Å². The molecule has 0 aliphatic heterocycles. The molecule has 2 N–H and O–H groups in total. The van der Waals surface area contributed by atoms with Crippen LogP contribution in [0.5, 0.6) is 0 Å². The predicted molar refractivity (Wildman–Crippen MR) is 96.2 cm³/mol. The Balaban J connectivity index is 1.79. The number of carbonyl (C=O) groups excluding carboxylic acids is 2. The van der Waals surface area contributed by atoms with E-state index >= 15 is 0 Å². The van der Waals surface area contributed by atoms with E-state index in [0.717, 1.165) is 11.3 Å². The third kappa shape index (κ3) is 3.67. The minimum atomic E-state index is -0.312. The summed E-state index contributed by atoms with van der Waals surface area (Å²) in [6.07, 6.45) is 0. The Morgan fingerprint density at radius 2 is 1.67 bits per heavy atom. The van der Waals surface area contributed by atoms with E-state index in [1.54, 1.807) is 24.3 Å². The predicted octanol–water partition coefficient (Wildman–Crippen LogP) is 4.02. The van der Waals surface area contributed by atoms with Gasteiger partial charge in [0.25, 0.3) is 5.91 Å². The van der Waals surface area contributed by atoms with Crippen LogP contribution in [0.25, 0.3) is 11.3 Å². The van der Waals surface area contributed by atoms with Crippen LogP contribution < -0.4 is 10.6 Å². The van der Waals surface area contributed by atoms with Crippen molar-refractivity contribution in [3.63, 3.8) is 0 Å². The van der Waals surface area contributed by atoms with Gasteiger partial charge in [-0.15, -0.1) is 11.3 Å². The second kappa shape index (κ2) is 7.06. The molecular formula is C18H15N3O2S. The van der Waals surface area contributed by atoms with Crippen molar-refractivity contribution in [1.82, 2.24) is 4.98 Å². The maximum absolute atomic E-state index is 12.5. The van der Waals surface area contributed by atoms with Gasteiger partial charge in [-0.1, -0.05) is 42.5 Å². The molecule has 1 heterocycles. The van der Waals surface area contributed by atoms with E-state index in [-0.39, 0.29) is 11.8 Å². The van der Waals surface area contributed by atoms with Crippen molar-refractivity contribution < 1.29 is 9.59 Å². The highest BCUT2D eigenvalue weighted by Crippen LogP contribution is 2.25. The van der Waals surface area contributed by atoms with Gasteiger partial charge in [0.15, 0.2) is 5.13 Å². The number of para-hydroxylation sites is 1. The first-order valence-electron chi connectivity index (χ1n) is 7.32. The van der Waals surface area contributed by atoms with Crippen LogP contribution >= 0.6 is 11.3 Å². The zero-order chi connectivity index (χ0) is 16.9. The third-order valence-corrected chi connectivity index (χ3v) is 4.03. The Hall–Kier alpha value is -2.99. The summed E-state index contributed by atoms with van der Waals surface area (Å²) in [7, 11) is 0. The molecule has 0 spiro atoms. The van der Waals surface area contributed by atoms with Crippen LogP contribution in [-0.2, 0) is 4.79 Å². The molecule has 0 atom stereocenters. The fraction of sp³-hybridized carbons (Fsp3) is 0.0556. The number of rotatable bonds is 4. The first kappa shape index (κ1) is 15.9. The van der Waals surface area contributed by atoms with E-state index < -0.39 is 0 Å². The highest BCUT2D eigenvalue weighted by atomic mass is 32.1. The van der Waals surface area contributed by atoms with Gasteiger partial charge < -0.3 is 5.32 Å². The second-order valence-corrected chi connectivity index (χ2v) is 5.94. The number of amides is 2. The van der Waals surface area contributed by atoms with E-state index in [1.807, 2.05) is 35.7 Å². The van der Waals surface area contributed by atoms with Crippen LogP contribution in [0.15, 0.2) is 60.0 Å². The molecule has 3 aromatic rings. The van der Waals surface area contributed by atoms with Crippen molar-refractivity contribution in [2.45, 2.75) is 6.92 Å². The average Bonchev–Trinajstić information content (AvgIpc) is 3.04. The Kier molecular flexibility index (Phi) is 4.67. The maximum atomic E-state index is 12.5.